The minimum atomic E-state index is -0.243. The molecule has 0 atom stereocenters. The molecule has 0 spiro atoms. The van der Waals surface area contributed by atoms with Gasteiger partial charge in [-0.15, -0.1) is 11.3 Å². The van der Waals surface area contributed by atoms with E-state index in [0.29, 0.717) is 47.6 Å². The second-order valence-corrected chi connectivity index (χ2v) is 7.85. The maximum atomic E-state index is 12.8. The maximum Gasteiger partial charge on any atom is 0.273 e. The van der Waals surface area contributed by atoms with Crippen LogP contribution in [-0.2, 0) is 0 Å². The molecule has 1 saturated heterocycles. The molecule has 1 fully saturated rings. The van der Waals surface area contributed by atoms with E-state index in [1.54, 1.807) is 34.5 Å². The van der Waals surface area contributed by atoms with Gasteiger partial charge in [0.05, 0.1) is 10.7 Å². The van der Waals surface area contributed by atoms with Gasteiger partial charge in [0.1, 0.15) is 5.69 Å². The molecule has 2 heterocycles. The van der Waals surface area contributed by atoms with Gasteiger partial charge in [0.25, 0.3) is 11.8 Å². The zero-order valence-electron chi connectivity index (χ0n) is 15.5. The summed E-state index contributed by atoms with van der Waals surface area (Å²) in [6, 6.07) is 16.6. The zero-order valence-corrected chi connectivity index (χ0v) is 17.1. The molecule has 1 aliphatic heterocycles. The maximum absolute atomic E-state index is 12.8. The van der Waals surface area contributed by atoms with Gasteiger partial charge >= 0.3 is 0 Å². The molecule has 1 aromatic heterocycles. The number of anilines is 2. The minimum Gasteiger partial charge on any atom is -0.367 e. The number of benzene rings is 2. The molecule has 148 valence electrons. The molecule has 6 nitrogen and oxygen atoms in total. The van der Waals surface area contributed by atoms with E-state index in [0.717, 1.165) is 5.69 Å². The Morgan fingerprint density at radius 2 is 1.66 bits per heavy atom. The van der Waals surface area contributed by atoms with Gasteiger partial charge in [-0.3, -0.25) is 14.9 Å². The number of carbonyl (C=O) groups is 2. The van der Waals surface area contributed by atoms with Gasteiger partial charge in [-0.1, -0.05) is 41.9 Å². The Balaban J connectivity index is 1.36. The topological polar surface area (TPSA) is 65.5 Å². The molecule has 0 aliphatic carbocycles. The van der Waals surface area contributed by atoms with Crippen molar-refractivity contribution < 1.29 is 9.59 Å². The van der Waals surface area contributed by atoms with E-state index >= 15 is 0 Å². The Hall–Kier alpha value is -2.90. The molecule has 1 N–H and O–H groups in total. The number of aromatic nitrogens is 1. The molecule has 0 unspecified atom stereocenters. The summed E-state index contributed by atoms with van der Waals surface area (Å²) < 4.78 is 0. The van der Waals surface area contributed by atoms with Crippen molar-refractivity contribution in [3.8, 4) is 0 Å². The second-order valence-electron chi connectivity index (χ2n) is 6.59. The van der Waals surface area contributed by atoms with Crippen LogP contribution in [0.1, 0.15) is 20.8 Å². The average molecular weight is 427 g/mol. The Morgan fingerprint density at radius 3 is 2.38 bits per heavy atom. The normalized spacial score (nSPS) is 14.0. The predicted molar refractivity (Wildman–Crippen MR) is 116 cm³/mol. The van der Waals surface area contributed by atoms with Crippen LogP contribution >= 0.6 is 22.9 Å². The molecule has 0 saturated carbocycles. The van der Waals surface area contributed by atoms with Crippen molar-refractivity contribution in [1.82, 2.24) is 9.88 Å². The third kappa shape index (κ3) is 4.41. The van der Waals surface area contributed by atoms with Crippen molar-refractivity contribution in [1.29, 1.82) is 0 Å². The smallest absolute Gasteiger partial charge is 0.273 e. The van der Waals surface area contributed by atoms with Crippen molar-refractivity contribution in [3.05, 3.63) is 76.3 Å². The standard InChI is InChI=1S/C21H19ClN4O2S/c22-16-8-4-5-9-18(16)25-10-12-26(13-11-25)20(28)17-14-29-21(23-17)24-19(27)15-6-2-1-3-7-15/h1-9,14H,10-13H2,(H,23,24,27). The molecule has 3 aromatic rings. The summed E-state index contributed by atoms with van der Waals surface area (Å²) >= 11 is 7.52. The van der Waals surface area contributed by atoms with Gasteiger partial charge in [0, 0.05) is 37.1 Å². The van der Waals surface area contributed by atoms with E-state index < -0.39 is 0 Å². The van der Waals surface area contributed by atoms with Crippen LogP contribution in [0.25, 0.3) is 0 Å². The van der Waals surface area contributed by atoms with Crippen molar-refractivity contribution in [2.24, 2.45) is 0 Å². The molecular formula is C21H19ClN4O2S. The SMILES string of the molecule is O=C(Nc1nc(C(=O)N2CCN(c3ccccc3Cl)CC2)cs1)c1ccccc1. The first kappa shape index (κ1) is 19.4. The van der Waals surface area contributed by atoms with Gasteiger partial charge in [0.15, 0.2) is 5.13 Å². The Morgan fingerprint density at radius 1 is 0.966 bits per heavy atom. The number of hydrogen-bond donors (Lipinski definition) is 1. The van der Waals surface area contributed by atoms with E-state index in [2.05, 4.69) is 15.2 Å². The third-order valence-corrected chi connectivity index (χ3v) is 5.82. The fourth-order valence-electron chi connectivity index (χ4n) is 3.21. The summed E-state index contributed by atoms with van der Waals surface area (Å²) in [6.07, 6.45) is 0. The van der Waals surface area contributed by atoms with Crippen molar-refractivity contribution in [3.63, 3.8) is 0 Å². The summed E-state index contributed by atoms with van der Waals surface area (Å²) in [7, 11) is 0. The van der Waals surface area contributed by atoms with E-state index in [1.807, 2.05) is 30.3 Å². The van der Waals surface area contributed by atoms with Gasteiger partial charge in [-0.05, 0) is 24.3 Å². The number of halogens is 1. The number of hydrogen-bond acceptors (Lipinski definition) is 5. The quantitative estimate of drug-likeness (QED) is 0.684. The monoisotopic (exact) mass is 426 g/mol. The van der Waals surface area contributed by atoms with Gasteiger partial charge in [0.2, 0.25) is 0 Å². The molecule has 0 radical (unpaired) electrons. The summed E-state index contributed by atoms with van der Waals surface area (Å²) in [5.74, 6) is -0.368. The van der Waals surface area contributed by atoms with Crippen LogP contribution in [0.5, 0.6) is 0 Å². The van der Waals surface area contributed by atoms with Gasteiger partial charge in [-0.25, -0.2) is 4.98 Å². The number of nitrogens with zero attached hydrogens (tertiary/aromatic N) is 3. The van der Waals surface area contributed by atoms with Crippen LogP contribution in [0.2, 0.25) is 5.02 Å². The first-order valence-corrected chi connectivity index (χ1v) is 10.5. The summed E-state index contributed by atoms with van der Waals surface area (Å²) in [4.78, 5) is 33.3. The largest absolute Gasteiger partial charge is 0.367 e. The molecule has 2 amide bonds. The highest BCUT2D eigenvalue weighted by Crippen LogP contribution is 2.26. The molecule has 8 heteroatoms. The molecule has 0 bridgehead atoms. The minimum absolute atomic E-state index is 0.125. The number of rotatable bonds is 4. The first-order valence-electron chi connectivity index (χ1n) is 9.22. The lowest BCUT2D eigenvalue weighted by Crippen LogP contribution is -2.49. The number of amides is 2. The van der Waals surface area contributed by atoms with Gasteiger partial charge < -0.3 is 9.80 Å². The van der Waals surface area contributed by atoms with Crippen molar-refractivity contribution in [2.45, 2.75) is 0 Å². The van der Waals surface area contributed by atoms with Crippen LogP contribution < -0.4 is 10.2 Å². The van der Waals surface area contributed by atoms with Crippen LogP contribution in [-0.4, -0.2) is 47.9 Å². The highest BCUT2D eigenvalue weighted by molar-refractivity contribution is 7.14. The summed E-state index contributed by atoms with van der Waals surface area (Å²) in [5.41, 5.74) is 1.89. The second kappa shape index (κ2) is 8.63. The van der Waals surface area contributed by atoms with E-state index in [1.165, 1.54) is 11.3 Å². The third-order valence-electron chi connectivity index (χ3n) is 4.74. The average Bonchev–Trinajstić information content (AvgIpc) is 3.23. The summed E-state index contributed by atoms with van der Waals surface area (Å²) in [5, 5.41) is 5.56. The van der Waals surface area contributed by atoms with Crippen LogP contribution in [0, 0.1) is 0 Å². The van der Waals surface area contributed by atoms with Crippen LogP contribution in [0.4, 0.5) is 10.8 Å². The molecule has 2 aromatic carbocycles. The number of nitrogens with one attached hydrogen (secondary N) is 1. The fourth-order valence-corrected chi connectivity index (χ4v) is 4.14. The van der Waals surface area contributed by atoms with Gasteiger partial charge in [-0.2, -0.15) is 0 Å². The molecular weight excluding hydrogens is 408 g/mol. The molecule has 4 rings (SSSR count). The molecule has 1 aliphatic rings. The van der Waals surface area contributed by atoms with Crippen LogP contribution in [0.3, 0.4) is 0 Å². The number of para-hydroxylation sites is 1. The highest BCUT2D eigenvalue weighted by atomic mass is 35.5. The summed E-state index contributed by atoms with van der Waals surface area (Å²) in [6.45, 7) is 2.59. The van der Waals surface area contributed by atoms with Crippen LogP contribution in [0.15, 0.2) is 60.0 Å². The lowest BCUT2D eigenvalue weighted by atomic mass is 10.2. The van der Waals surface area contributed by atoms with E-state index in [9.17, 15) is 9.59 Å². The lowest BCUT2D eigenvalue weighted by molar-refractivity contribution is 0.0741. The molecule has 29 heavy (non-hydrogen) atoms. The highest BCUT2D eigenvalue weighted by Gasteiger charge is 2.25. The number of thiazole rings is 1. The lowest BCUT2D eigenvalue weighted by Gasteiger charge is -2.36. The Kier molecular flexibility index (Phi) is 5.78. The predicted octanol–water partition coefficient (Wildman–Crippen LogP) is 4.01. The number of piperazine rings is 1. The Labute approximate surface area is 177 Å². The first-order chi connectivity index (χ1) is 14.1. The Bertz CT molecular complexity index is 1020. The number of carbonyl (C=O) groups excluding carboxylic acids is 2. The van der Waals surface area contributed by atoms with Crippen molar-refractivity contribution in [2.75, 3.05) is 36.4 Å². The van der Waals surface area contributed by atoms with E-state index in [-0.39, 0.29) is 11.8 Å². The zero-order chi connectivity index (χ0) is 20.2. The van der Waals surface area contributed by atoms with E-state index in [4.69, 9.17) is 11.6 Å². The van der Waals surface area contributed by atoms with Crippen molar-refractivity contribution >= 4 is 45.6 Å². The fraction of sp³-hybridized carbons (Fsp3) is 0.190.